The zero-order valence-corrected chi connectivity index (χ0v) is 27.3. The number of amides is 1. The molecule has 10 nitrogen and oxygen atoms in total. The van der Waals surface area contributed by atoms with Gasteiger partial charge in [-0.2, -0.15) is 5.10 Å². The predicted octanol–water partition coefficient (Wildman–Crippen LogP) is 4.22. The van der Waals surface area contributed by atoms with Crippen molar-refractivity contribution in [3.05, 3.63) is 47.4 Å². The Morgan fingerprint density at radius 2 is 1.84 bits per heavy atom. The van der Waals surface area contributed by atoms with Crippen LogP contribution in [0.15, 0.2) is 24.9 Å². The lowest BCUT2D eigenvalue weighted by Gasteiger charge is -2.54. The van der Waals surface area contributed by atoms with E-state index >= 15 is 0 Å². The monoisotopic (exact) mass is 629 g/mol. The number of anilines is 2. The minimum Gasteiger partial charge on any atom is -0.375 e. The normalized spacial score (nSPS) is 20.0. The highest BCUT2D eigenvalue weighted by atomic mass is 19.3. The number of carbonyl (C=O) groups is 1. The number of hydrogen-bond donors (Lipinski definition) is 1. The summed E-state index contributed by atoms with van der Waals surface area (Å²) in [5, 5.41) is 7.80. The average molecular weight is 630 g/mol. The third-order valence-electron chi connectivity index (χ3n) is 9.46. The van der Waals surface area contributed by atoms with Crippen molar-refractivity contribution < 1.29 is 23.0 Å². The third kappa shape index (κ3) is 6.73. The van der Waals surface area contributed by atoms with E-state index in [0.717, 1.165) is 75.5 Å². The molecule has 1 amide bonds. The minimum atomic E-state index is -2.60. The molecule has 248 valence electrons. The molecule has 2 aromatic heterocycles. The molecule has 2 aromatic rings. The van der Waals surface area contributed by atoms with Gasteiger partial charge in [0.25, 0.3) is 6.43 Å². The number of aromatic nitrogens is 3. The van der Waals surface area contributed by atoms with Crippen LogP contribution in [0.4, 0.5) is 20.3 Å². The molecular formula is C33H49F2N7O3. The second kappa shape index (κ2) is 14.1. The highest BCUT2D eigenvalue weighted by Crippen LogP contribution is 2.48. The Hall–Kier alpha value is -3.09. The molecule has 0 atom stereocenters. The molecule has 3 fully saturated rings. The van der Waals surface area contributed by atoms with Crippen molar-refractivity contribution >= 4 is 17.4 Å². The maximum Gasteiger partial charge on any atom is 0.280 e. The van der Waals surface area contributed by atoms with Crippen LogP contribution in [0.5, 0.6) is 0 Å². The van der Waals surface area contributed by atoms with Crippen molar-refractivity contribution in [2.24, 2.45) is 0 Å². The van der Waals surface area contributed by atoms with Gasteiger partial charge in [-0.05, 0) is 51.7 Å². The summed E-state index contributed by atoms with van der Waals surface area (Å²) in [6, 6.07) is 2.03. The number of aryl methyl sites for hydroxylation is 1. The van der Waals surface area contributed by atoms with Crippen molar-refractivity contribution in [2.45, 2.75) is 77.6 Å². The molecule has 4 aliphatic heterocycles. The summed E-state index contributed by atoms with van der Waals surface area (Å²) >= 11 is 0. The van der Waals surface area contributed by atoms with Gasteiger partial charge in [-0.1, -0.05) is 19.9 Å². The zero-order chi connectivity index (χ0) is 32.2. The van der Waals surface area contributed by atoms with Gasteiger partial charge in [0.15, 0.2) is 0 Å². The molecule has 0 radical (unpaired) electrons. The van der Waals surface area contributed by atoms with Crippen LogP contribution < -0.4 is 15.1 Å². The molecule has 0 unspecified atom stereocenters. The Kier molecular flexibility index (Phi) is 10.4. The van der Waals surface area contributed by atoms with Gasteiger partial charge < -0.3 is 29.5 Å². The first-order chi connectivity index (χ1) is 21.7. The van der Waals surface area contributed by atoms with Gasteiger partial charge in [-0.3, -0.25) is 9.48 Å². The number of ether oxygens (including phenoxy) is 2. The summed E-state index contributed by atoms with van der Waals surface area (Å²) < 4.78 is 42.9. The first kappa shape index (κ1) is 33.3. The number of nitrogens with one attached hydrogen (secondary N) is 1. The molecule has 3 saturated heterocycles. The van der Waals surface area contributed by atoms with Gasteiger partial charge >= 0.3 is 0 Å². The van der Waals surface area contributed by atoms with Crippen LogP contribution in [-0.2, 0) is 32.8 Å². The van der Waals surface area contributed by atoms with Crippen LogP contribution in [-0.4, -0.2) is 96.7 Å². The highest BCUT2D eigenvalue weighted by Gasteiger charge is 2.55. The van der Waals surface area contributed by atoms with Crippen LogP contribution >= 0.6 is 0 Å². The number of piperazine rings is 1. The molecule has 45 heavy (non-hydrogen) atoms. The third-order valence-corrected chi connectivity index (χ3v) is 9.46. The van der Waals surface area contributed by atoms with Gasteiger partial charge in [0.2, 0.25) is 5.91 Å². The number of alkyl halides is 2. The fourth-order valence-electron chi connectivity index (χ4n) is 7.15. The summed E-state index contributed by atoms with van der Waals surface area (Å²) in [5.41, 5.74) is 3.05. The van der Waals surface area contributed by atoms with Gasteiger partial charge in [0.1, 0.15) is 22.7 Å². The molecule has 0 bridgehead atoms. The number of rotatable bonds is 8. The van der Waals surface area contributed by atoms with Gasteiger partial charge in [0.05, 0.1) is 31.6 Å². The SMILES string of the molecule is C=CC(=O)N1CCNCC1.CCCc1c(N(CC)CC)cc(N2CCC3(CC2)OC2(COC2)Cn2ncc(C)c23)nc1C(F)F. The van der Waals surface area contributed by atoms with E-state index in [1.165, 1.54) is 6.08 Å². The second-order valence-electron chi connectivity index (χ2n) is 12.5. The van der Waals surface area contributed by atoms with Gasteiger partial charge in [0, 0.05) is 69.7 Å². The molecule has 0 saturated carbocycles. The van der Waals surface area contributed by atoms with Gasteiger partial charge in [-0.25, -0.2) is 13.8 Å². The number of halogens is 2. The van der Waals surface area contributed by atoms with E-state index in [-0.39, 0.29) is 17.2 Å². The predicted molar refractivity (Wildman–Crippen MR) is 171 cm³/mol. The maximum absolute atomic E-state index is 14.2. The molecular weight excluding hydrogens is 580 g/mol. The fraction of sp³-hybridized carbons (Fsp3) is 0.667. The van der Waals surface area contributed by atoms with E-state index in [9.17, 15) is 13.6 Å². The topological polar surface area (TPSA) is 88.0 Å². The average Bonchev–Trinajstić information content (AvgIpc) is 3.43. The largest absolute Gasteiger partial charge is 0.375 e. The Balaban J connectivity index is 0.000000342. The Morgan fingerprint density at radius 1 is 1.16 bits per heavy atom. The van der Waals surface area contributed by atoms with Crippen molar-refractivity contribution in [1.82, 2.24) is 25.0 Å². The van der Waals surface area contributed by atoms with Gasteiger partial charge in [-0.15, -0.1) is 0 Å². The summed E-state index contributed by atoms with van der Waals surface area (Å²) in [6.07, 6.45) is 3.60. The molecule has 0 aromatic carbocycles. The van der Waals surface area contributed by atoms with E-state index in [1.54, 1.807) is 4.90 Å². The second-order valence-corrected chi connectivity index (χ2v) is 12.5. The molecule has 4 aliphatic rings. The van der Waals surface area contributed by atoms with Crippen LogP contribution in [0.3, 0.4) is 0 Å². The number of carbonyl (C=O) groups excluding carboxylic acids is 1. The fourth-order valence-corrected chi connectivity index (χ4v) is 7.15. The maximum atomic E-state index is 14.2. The Bertz CT molecular complexity index is 1330. The summed E-state index contributed by atoms with van der Waals surface area (Å²) in [4.78, 5) is 21.6. The minimum absolute atomic E-state index is 0.0431. The molecule has 2 spiro atoms. The number of piperidine rings is 1. The lowest BCUT2D eigenvalue weighted by atomic mass is 9.82. The van der Waals surface area contributed by atoms with Crippen molar-refractivity contribution in [2.75, 3.05) is 75.4 Å². The lowest BCUT2D eigenvalue weighted by Crippen LogP contribution is -2.64. The Labute approximate surface area is 265 Å². The van der Waals surface area contributed by atoms with Crippen molar-refractivity contribution in [3.8, 4) is 0 Å². The quantitative estimate of drug-likeness (QED) is 0.435. The summed E-state index contributed by atoms with van der Waals surface area (Å²) in [7, 11) is 0. The van der Waals surface area contributed by atoms with Crippen LogP contribution in [0.2, 0.25) is 0 Å². The highest BCUT2D eigenvalue weighted by molar-refractivity contribution is 5.87. The van der Waals surface area contributed by atoms with E-state index in [0.29, 0.717) is 50.7 Å². The van der Waals surface area contributed by atoms with E-state index in [1.807, 2.05) is 19.2 Å². The van der Waals surface area contributed by atoms with E-state index < -0.39 is 12.0 Å². The number of pyridine rings is 1. The summed E-state index contributed by atoms with van der Waals surface area (Å²) in [5.74, 6) is 0.682. The molecule has 6 heterocycles. The number of hydrogen-bond acceptors (Lipinski definition) is 8. The van der Waals surface area contributed by atoms with Crippen molar-refractivity contribution in [1.29, 1.82) is 0 Å². The number of nitrogens with zero attached hydrogens (tertiary/aromatic N) is 6. The first-order valence-electron chi connectivity index (χ1n) is 16.4. The van der Waals surface area contributed by atoms with Crippen LogP contribution in [0.1, 0.15) is 69.0 Å². The lowest BCUT2D eigenvalue weighted by molar-refractivity contribution is -0.291. The zero-order valence-electron chi connectivity index (χ0n) is 27.3. The van der Waals surface area contributed by atoms with Crippen LogP contribution in [0.25, 0.3) is 0 Å². The molecule has 6 rings (SSSR count). The van der Waals surface area contributed by atoms with Crippen molar-refractivity contribution in [3.63, 3.8) is 0 Å². The molecule has 12 heteroatoms. The summed E-state index contributed by atoms with van der Waals surface area (Å²) in [6.45, 7) is 19.9. The van der Waals surface area contributed by atoms with E-state index in [2.05, 4.69) is 57.2 Å². The standard InChI is InChI=1S/C26H37F2N5O2.C7H12N2O/c1-5-8-19-20(31(6-2)7-3)13-21(30-22(19)24(27)28)32-11-9-26(10-12-32)23-18(4)14-29-33(23)15-25(35-26)16-34-17-25;1-2-7(10)9-5-3-8-4-6-9/h13-14,24H,5-12,15-17H2,1-4H3;2,8H,1,3-6H2. The van der Waals surface area contributed by atoms with Crippen LogP contribution in [0, 0.1) is 6.92 Å². The number of fused-ring (bicyclic) bond motifs is 2. The Morgan fingerprint density at radius 3 is 2.40 bits per heavy atom. The molecule has 1 N–H and O–H groups in total. The molecule has 0 aliphatic carbocycles. The van der Waals surface area contributed by atoms with E-state index in [4.69, 9.17) is 9.47 Å². The first-order valence-corrected chi connectivity index (χ1v) is 16.4. The smallest absolute Gasteiger partial charge is 0.280 e.